The molecule has 0 bridgehead atoms. The Bertz CT molecular complexity index is 927. The van der Waals surface area contributed by atoms with E-state index in [0.717, 1.165) is 12.8 Å². The Morgan fingerprint density at radius 3 is 2.68 bits per heavy atom. The minimum atomic E-state index is -0.408. The zero-order valence-electron chi connectivity index (χ0n) is 15.4. The molecule has 1 saturated carbocycles. The van der Waals surface area contributed by atoms with E-state index >= 15 is 0 Å². The molecule has 28 heavy (non-hydrogen) atoms. The summed E-state index contributed by atoms with van der Waals surface area (Å²) < 4.78 is 0.647. The number of hydrogen-bond acceptors (Lipinski definition) is 5. The summed E-state index contributed by atoms with van der Waals surface area (Å²) in [5.41, 5.74) is 0.985. The fraction of sp³-hybridized carbons (Fsp3) is 0.300. The third-order valence-corrected chi connectivity index (χ3v) is 5.49. The van der Waals surface area contributed by atoms with Crippen molar-refractivity contribution in [2.24, 2.45) is 0 Å². The zero-order valence-corrected chi connectivity index (χ0v) is 16.9. The number of nitro benzene ring substituents is 1. The van der Waals surface area contributed by atoms with Gasteiger partial charge >= 0.3 is 0 Å². The van der Waals surface area contributed by atoms with Crippen LogP contribution < -0.4 is 5.32 Å². The summed E-state index contributed by atoms with van der Waals surface area (Å²) in [5, 5.41) is 14.6. The lowest BCUT2D eigenvalue weighted by Crippen LogP contribution is -2.33. The predicted molar refractivity (Wildman–Crippen MR) is 110 cm³/mol. The lowest BCUT2D eigenvalue weighted by atomic mass is 10.1. The molecule has 0 saturated heterocycles. The standard InChI is InChI=1S/C20H20BrN3O4/c1-23(19(26)16-5-3-2-4-14(16)13-25)11-10-20(8-9-20)22-17-7-6-15(21)12-18(17)24(27)28/h2-7,12-13,22H,8-11H2,1H3. The molecule has 0 radical (unpaired) electrons. The highest BCUT2D eigenvalue weighted by molar-refractivity contribution is 9.10. The van der Waals surface area contributed by atoms with Crippen LogP contribution in [0.3, 0.4) is 0 Å². The highest BCUT2D eigenvalue weighted by atomic mass is 79.9. The molecule has 1 aliphatic carbocycles. The van der Waals surface area contributed by atoms with Crippen molar-refractivity contribution < 1.29 is 14.5 Å². The van der Waals surface area contributed by atoms with Crippen LogP contribution in [-0.4, -0.2) is 41.1 Å². The minimum absolute atomic E-state index is 0.0185. The first kappa shape index (κ1) is 20.0. The monoisotopic (exact) mass is 445 g/mol. The fourth-order valence-corrected chi connectivity index (χ4v) is 3.47. The number of amides is 1. The molecule has 3 rings (SSSR count). The normalized spacial score (nSPS) is 14.2. The molecule has 0 heterocycles. The molecule has 2 aromatic rings. The van der Waals surface area contributed by atoms with E-state index in [4.69, 9.17) is 0 Å². The first-order valence-electron chi connectivity index (χ1n) is 8.87. The van der Waals surface area contributed by atoms with Gasteiger partial charge in [-0.3, -0.25) is 19.7 Å². The summed E-state index contributed by atoms with van der Waals surface area (Å²) in [5.74, 6) is -0.215. The number of nitro groups is 1. The third kappa shape index (κ3) is 4.39. The summed E-state index contributed by atoms with van der Waals surface area (Å²) in [4.78, 5) is 36.3. The van der Waals surface area contributed by atoms with Crippen molar-refractivity contribution in [2.45, 2.75) is 24.8 Å². The smallest absolute Gasteiger partial charge is 0.293 e. The van der Waals surface area contributed by atoms with Crippen molar-refractivity contribution in [2.75, 3.05) is 18.9 Å². The topological polar surface area (TPSA) is 92.5 Å². The molecule has 0 unspecified atom stereocenters. The second-order valence-corrected chi connectivity index (χ2v) is 7.92. The maximum absolute atomic E-state index is 12.7. The summed E-state index contributed by atoms with van der Waals surface area (Å²) >= 11 is 3.26. The van der Waals surface area contributed by atoms with Crippen molar-refractivity contribution in [3.63, 3.8) is 0 Å². The largest absolute Gasteiger partial charge is 0.374 e. The van der Waals surface area contributed by atoms with Crippen LogP contribution in [-0.2, 0) is 0 Å². The second kappa shape index (κ2) is 8.10. The number of nitrogens with one attached hydrogen (secondary N) is 1. The van der Waals surface area contributed by atoms with Gasteiger partial charge in [0.05, 0.1) is 10.5 Å². The summed E-state index contributed by atoms with van der Waals surface area (Å²) in [6.07, 6.45) is 3.10. The number of carbonyl (C=O) groups is 2. The number of rotatable bonds is 8. The fourth-order valence-electron chi connectivity index (χ4n) is 3.12. The van der Waals surface area contributed by atoms with Crippen LogP contribution in [0, 0.1) is 10.1 Å². The van der Waals surface area contributed by atoms with Gasteiger partial charge in [-0.1, -0.05) is 34.1 Å². The highest BCUT2D eigenvalue weighted by Crippen LogP contribution is 2.44. The summed E-state index contributed by atoms with van der Waals surface area (Å²) in [6.45, 7) is 0.476. The van der Waals surface area contributed by atoms with Crippen LogP contribution >= 0.6 is 15.9 Å². The van der Waals surface area contributed by atoms with Crippen molar-refractivity contribution in [1.82, 2.24) is 4.90 Å². The number of carbonyl (C=O) groups excluding carboxylic acids is 2. The van der Waals surface area contributed by atoms with Crippen molar-refractivity contribution >= 4 is 39.5 Å². The first-order valence-corrected chi connectivity index (χ1v) is 9.66. The molecular weight excluding hydrogens is 426 g/mol. The minimum Gasteiger partial charge on any atom is -0.374 e. The van der Waals surface area contributed by atoms with Crippen molar-refractivity contribution in [3.05, 3.63) is 68.2 Å². The van der Waals surface area contributed by atoms with Gasteiger partial charge in [-0.05, 0) is 37.5 Å². The summed E-state index contributed by atoms with van der Waals surface area (Å²) in [6, 6.07) is 11.6. The van der Waals surface area contributed by atoms with Gasteiger partial charge in [0.15, 0.2) is 6.29 Å². The maximum Gasteiger partial charge on any atom is 0.293 e. The number of halogens is 1. The molecule has 8 heteroatoms. The molecule has 7 nitrogen and oxygen atoms in total. The average Bonchev–Trinajstić information content (AvgIpc) is 3.46. The molecule has 0 aromatic heterocycles. The van der Waals surface area contributed by atoms with Gasteiger partial charge in [0.1, 0.15) is 5.69 Å². The van der Waals surface area contributed by atoms with Gasteiger partial charge < -0.3 is 10.2 Å². The number of aldehydes is 1. The number of hydrogen-bond donors (Lipinski definition) is 1. The molecule has 1 amide bonds. The number of nitrogens with zero attached hydrogens (tertiary/aromatic N) is 2. The lowest BCUT2D eigenvalue weighted by Gasteiger charge is -2.23. The van der Waals surface area contributed by atoms with E-state index in [0.29, 0.717) is 40.5 Å². The van der Waals surface area contributed by atoms with E-state index in [1.165, 1.54) is 6.07 Å². The van der Waals surface area contributed by atoms with E-state index in [2.05, 4.69) is 21.2 Å². The lowest BCUT2D eigenvalue weighted by molar-refractivity contribution is -0.384. The van der Waals surface area contributed by atoms with Gasteiger partial charge in [-0.15, -0.1) is 0 Å². The van der Waals surface area contributed by atoms with Crippen LogP contribution in [0.4, 0.5) is 11.4 Å². The maximum atomic E-state index is 12.7. The number of benzene rings is 2. The Balaban J connectivity index is 1.67. The van der Waals surface area contributed by atoms with E-state index < -0.39 is 4.92 Å². The van der Waals surface area contributed by atoms with Crippen LogP contribution in [0.15, 0.2) is 46.9 Å². The van der Waals surface area contributed by atoms with Gasteiger partial charge in [0, 0.05) is 35.2 Å². The Labute approximate surface area is 171 Å². The van der Waals surface area contributed by atoms with Crippen molar-refractivity contribution in [3.8, 4) is 0 Å². The first-order chi connectivity index (χ1) is 13.3. The molecule has 1 N–H and O–H groups in total. The Morgan fingerprint density at radius 2 is 2.04 bits per heavy atom. The van der Waals surface area contributed by atoms with Crippen molar-refractivity contribution in [1.29, 1.82) is 0 Å². The van der Waals surface area contributed by atoms with E-state index in [-0.39, 0.29) is 17.1 Å². The molecule has 0 spiro atoms. The highest BCUT2D eigenvalue weighted by Gasteiger charge is 2.43. The molecule has 146 valence electrons. The second-order valence-electron chi connectivity index (χ2n) is 7.01. The summed E-state index contributed by atoms with van der Waals surface area (Å²) in [7, 11) is 1.70. The molecule has 1 fully saturated rings. The molecule has 0 aliphatic heterocycles. The zero-order chi connectivity index (χ0) is 20.3. The van der Waals surface area contributed by atoms with Gasteiger partial charge in [-0.2, -0.15) is 0 Å². The molecule has 2 aromatic carbocycles. The Kier molecular flexibility index (Phi) is 5.79. The SMILES string of the molecule is CN(CCC1(Nc2ccc(Br)cc2[N+](=O)[O-])CC1)C(=O)c1ccccc1C=O. The van der Waals surface area contributed by atoms with Gasteiger partial charge in [0.2, 0.25) is 0 Å². The predicted octanol–water partition coefficient (Wildman–Crippen LogP) is 4.28. The van der Waals surface area contributed by atoms with Crippen LogP contribution in [0.5, 0.6) is 0 Å². The van der Waals surface area contributed by atoms with E-state index in [9.17, 15) is 19.7 Å². The number of anilines is 1. The Hall–Kier alpha value is -2.74. The molecule has 1 aliphatic rings. The van der Waals surface area contributed by atoms with E-state index in [1.807, 2.05) is 0 Å². The van der Waals surface area contributed by atoms with Gasteiger partial charge in [-0.25, -0.2) is 0 Å². The molecule has 0 atom stereocenters. The third-order valence-electron chi connectivity index (χ3n) is 5.00. The van der Waals surface area contributed by atoms with E-state index in [1.54, 1.807) is 48.3 Å². The van der Waals surface area contributed by atoms with Crippen LogP contribution in [0.1, 0.15) is 40.0 Å². The average molecular weight is 446 g/mol. The quantitative estimate of drug-likeness (QED) is 0.371. The van der Waals surface area contributed by atoms with Crippen LogP contribution in [0.2, 0.25) is 0 Å². The molecular formula is C20H20BrN3O4. The Morgan fingerprint density at radius 1 is 1.32 bits per heavy atom. The van der Waals surface area contributed by atoms with Crippen LogP contribution in [0.25, 0.3) is 0 Å². The van der Waals surface area contributed by atoms with Gasteiger partial charge in [0.25, 0.3) is 11.6 Å².